The normalized spacial score (nSPS) is 11.2. The van der Waals surface area contributed by atoms with Crippen LogP contribution in [-0.2, 0) is 21.2 Å². The SMILES string of the molecule is Cc1cccc(CNC(=O)CCS(=O)(=O)c2cccc(Cl)c2)c1. The van der Waals surface area contributed by atoms with Gasteiger partial charge < -0.3 is 5.32 Å². The van der Waals surface area contributed by atoms with Crippen LogP contribution in [0.1, 0.15) is 17.5 Å². The maximum absolute atomic E-state index is 12.2. The largest absolute Gasteiger partial charge is 0.352 e. The van der Waals surface area contributed by atoms with Crippen molar-refractivity contribution in [2.75, 3.05) is 5.75 Å². The number of aryl methyl sites for hydroxylation is 1. The lowest BCUT2D eigenvalue weighted by Crippen LogP contribution is -2.25. The van der Waals surface area contributed by atoms with Crippen molar-refractivity contribution in [3.8, 4) is 0 Å². The Morgan fingerprint density at radius 3 is 2.57 bits per heavy atom. The fraction of sp³-hybridized carbons (Fsp3) is 0.235. The minimum atomic E-state index is -3.51. The van der Waals surface area contributed by atoms with Crippen molar-refractivity contribution < 1.29 is 13.2 Å². The monoisotopic (exact) mass is 351 g/mol. The van der Waals surface area contributed by atoms with E-state index >= 15 is 0 Å². The van der Waals surface area contributed by atoms with Gasteiger partial charge in [0.15, 0.2) is 9.84 Å². The molecule has 4 nitrogen and oxygen atoms in total. The van der Waals surface area contributed by atoms with Crippen molar-refractivity contribution in [3.63, 3.8) is 0 Å². The van der Waals surface area contributed by atoms with E-state index in [4.69, 9.17) is 11.6 Å². The first-order valence-corrected chi connectivity index (χ1v) is 9.20. The number of hydrogen-bond donors (Lipinski definition) is 1. The van der Waals surface area contributed by atoms with Crippen LogP contribution in [0, 0.1) is 6.92 Å². The topological polar surface area (TPSA) is 63.2 Å². The third-order valence-corrected chi connectivity index (χ3v) is 5.27. The van der Waals surface area contributed by atoms with Gasteiger partial charge in [-0.3, -0.25) is 4.79 Å². The Hall–Kier alpha value is -1.85. The zero-order chi connectivity index (χ0) is 16.9. The molecule has 0 bridgehead atoms. The summed E-state index contributed by atoms with van der Waals surface area (Å²) in [5.41, 5.74) is 2.09. The molecule has 0 spiro atoms. The van der Waals surface area contributed by atoms with Gasteiger partial charge in [0.1, 0.15) is 0 Å². The quantitative estimate of drug-likeness (QED) is 0.869. The molecule has 0 aliphatic heterocycles. The molecule has 0 aromatic heterocycles. The molecular weight excluding hydrogens is 334 g/mol. The number of amides is 1. The maximum atomic E-state index is 12.2. The van der Waals surface area contributed by atoms with E-state index in [1.165, 1.54) is 12.1 Å². The van der Waals surface area contributed by atoms with E-state index in [1.54, 1.807) is 12.1 Å². The number of hydrogen-bond acceptors (Lipinski definition) is 3. The zero-order valence-electron chi connectivity index (χ0n) is 12.8. The van der Waals surface area contributed by atoms with Gasteiger partial charge in [0.05, 0.1) is 10.6 Å². The molecule has 6 heteroatoms. The molecular formula is C17H18ClNO3S. The summed E-state index contributed by atoms with van der Waals surface area (Å²) >= 11 is 5.80. The van der Waals surface area contributed by atoms with Crippen LogP contribution in [0.2, 0.25) is 5.02 Å². The summed E-state index contributed by atoms with van der Waals surface area (Å²) in [4.78, 5) is 12.0. The number of benzene rings is 2. The summed E-state index contributed by atoms with van der Waals surface area (Å²) in [7, 11) is -3.51. The van der Waals surface area contributed by atoms with E-state index in [-0.39, 0.29) is 23.0 Å². The molecule has 2 aromatic rings. The van der Waals surface area contributed by atoms with Gasteiger partial charge >= 0.3 is 0 Å². The predicted octanol–water partition coefficient (Wildman–Crippen LogP) is 3.13. The second-order valence-electron chi connectivity index (χ2n) is 5.29. The minimum absolute atomic E-state index is 0.0827. The van der Waals surface area contributed by atoms with Crippen LogP contribution in [0.5, 0.6) is 0 Å². The average Bonchev–Trinajstić information content (AvgIpc) is 2.51. The highest BCUT2D eigenvalue weighted by Crippen LogP contribution is 2.17. The fourth-order valence-electron chi connectivity index (χ4n) is 2.12. The van der Waals surface area contributed by atoms with Gasteiger partial charge in [-0.1, -0.05) is 47.5 Å². The maximum Gasteiger partial charge on any atom is 0.221 e. The van der Waals surface area contributed by atoms with Crippen LogP contribution in [0.3, 0.4) is 0 Å². The lowest BCUT2D eigenvalue weighted by Gasteiger charge is -2.07. The molecule has 0 aliphatic rings. The number of carbonyl (C=O) groups is 1. The predicted molar refractivity (Wildman–Crippen MR) is 91.1 cm³/mol. The molecule has 0 atom stereocenters. The first kappa shape index (κ1) is 17.5. The van der Waals surface area contributed by atoms with Gasteiger partial charge in [0.2, 0.25) is 5.91 Å². The van der Waals surface area contributed by atoms with Crippen LogP contribution in [0.25, 0.3) is 0 Å². The molecule has 1 amide bonds. The van der Waals surface area contributed by atoms with Crippen molar-refractivity contribution in [1.29, 1.82) is 0 Å². The average molecular weight is 352 g/mol. The molecule has 0 fully saturated rings. The number of rotatable bonds is 6. The van der Waals surface area contributed by atoms with Gasteiger partial charge in [-0.2, -0.15) is 0 Å². The van der Waals surface area contributed by atoms with Gasteiger partial charge in [-0.25, -0.2) is 8.42 Å². The van der Waals surface area contributed by atoms with Crippen LogP contribution < -0.4 is 5.32 Å². The molecule has 2 rings (SSSR count). The Kier molecular flexibility index (Phi) is 5.80. The summed E-state index contributed by atoms with van der Waals surface area (Å²) in [6, 6.07) is 13.8. The molecule has 0 saturated carbocycles. The molecule has 23 heavy (non-hydrogen) atoms. The molecule has 0 radical (unpaired) electrons. The zero-order valence-corrected chi connectivity index (χ0v) is 14.3. The number of carbonyl (C=O) groups excluding carboxylic acids is 1. The van der Waals surface area contributed by atoms with Crippen molar-refractivity contribution >= 4 is 27.3 Å². The van der Waals surface area contributed by atoms with E-state index in [0.717, 1.165) is 11.1 Å². The Bertz CT molecular complexity index is 803. The van der Waals surface area contributed by atoms with Gasteiger partial charge in [-0.15, -0.1) is 0 Å². The summed E-state index contributed by atoms with van der Waals surface area (Å²) in [6.07, 6.45) is -0.0827. The second kappa shape index (κ2) is 7.62. The van der Waals surface area contributed by atoms with Crippen molar-refractivity contribution in [3.05, 3.63) is 64.7 Å². The molecule has 1 N–H and O–H groups in total. The number of nitrogens with one attached hydrogen (secondary N) is 1. The lowest BCUT2D eigenvalue weighted by molar-refractivity contribution is -0.120. The highest BCUT2D eigenvalue weighted by molar-refractivity contribution is 7.91. The standard InChI is InChI=1S/C17H18ClNO3S/c1-13-4-2-5-14(10-13)12-19-17(20)8-9-23(21,22)16-7-3-6-15(18)11-16/h2-7,10-11H,8-9,12H2,1H3,(H,19,20). The van der Waals surface area contributed by atoms with Gasteiger partial charge in [-0.05, 0) is 30.7 Å². The third kappa shape index (κ3) is 5.37. The molecule has 0 unspecified atom stereocenters. The van der Waals surface area contributed by atoms with Crippen LogP contribution in [-0.4, -0.2) is 20.1 Å². The fourth-order valence-corrected chi connectivity index (χ4v) is 3.65. The highest BCUT2D eigenvalue weighted by atomic mass is 35.5. The summed E-state index contributed by atoms with van der Waals surface area (Å²) in [5.74, 6) is -0.537. The van der Waals surface area contributed by atoms with E-state index in [2.05, 4.69) is 5.32 Å². The molecule has 0 aliphatic carbocycles. The highest BCUT2D eigenvalue weighted by Gasteiger charge is 2.16. The van der Waals surface area contributed by atoms with Crippen LogP contribution in [0.15, 0.2) is 53.4 Å². The van der Waals surface area contributed by atoms with Crippen molar-refractivity contribution in [1.82, 2.24) is 5.32 Å². The lowest BCUT2D eigenvalue weighted by atomic mass is 10.1. The number of sulfone groups is 1. The first-order valence-electron chi connectivity index (χ1n) is 7.17. The van der Waals surface area contributed by atoms with Crippen molar-refractivity contribution in [2.45, 2.75) is 24.8 Å². The van der Waals surface area contributed by atoms with Crippen molar-refractivity contribution in [2.24, 2.45) is 0 Å². The molecule has 122 valence electrons. The molecule has 0 saturated heterocycles. The smallest absolute Gasteiger partial charge is 0.221 e. The Balaban J connectivity index is 1.88. The van der Waals surface area contributed by atoms with Gasteiger partial charge in [0.25, 0.3) is 0 Å². The Morgan fingerprint density at radius 1 is 1.13 bits per heavy atom. The molecule has 2 aromatic carbocycles. The Labute approximate surface area is 141 Å². The summed E-state index contributed by atoms with van der Waals surface area (Å²) in [6.45, 7) is 2.36. The van der Waals surface area contributed by atoms with Crippen LogP contribution in [0.4, 0.5) is 0 Å². The first-order chi connectivity index (χ1) is 10.9. The second-order valence-corrected chi connectivity index (χ2v) is 7.84. The number of halogens is 1. The third-order valence-electron chi connectivity index (χ3n) is 3.33. The van der Waals surface area contributed by atoms with E-state index in [1.807, 2.05) is 31.2 Å². The summed E-state index contributed by atoms with van der Waals surface area (Å²) in [5, 5.41) is 3.09. The van der Waals surface area contributed by atoms with Gasteiger partial charge in [0, 0.05) is 18.0 Å². The minimum Gasteiger partial charge on any atom is -0.352 e. The van der Waals surface area contributed by atoms with Crippen LogP contribution >= 0.6 is 11.6 Å². The Morgan fingerprint density at radius 2 is 1.87 bits per heavy atom. The van der Waals surface area contributed by atoms with E-state index < -0.39 is 9.84 Å². The molecule has 0 heterocycles. The van der Waals surface area contributed by atoms with E-state index in [9.17, 15) is 13.2 Å². The summed E-state index contributed by atoms with van der Waals surface area (Å²) < 4.78 is 24.3. The van der Waals surface area contributed by atoms with E-state index in [0.29, 0.717) is 11.6 Å².